The molecular weight excluding hydrogens is 256 g/mol. The van der Waals surface area contributed by atoms with Crippen LogP contribution in [0.2, 0.25) is 0 Å². The number of nitrogens with zero attached hydrogens (tertiary/aromatic N) is 1. The highest BCUT2D eigenvalue weighted by molar-refractivity contribution is 4.84. The van der Waals surface area contributed by atoms with E-state index in [-0.39, 0.29) is 5.92 Å². The van der Waals surface area contributed by atoms with Crippen LogP contribution < -0.4 is 5.43 Å². The van der Waals surface area contributed by atoms with E-state index in [1.165, 1.54) is 32.1 Å². The molecule has 1 aliphatic carbocycles. The van der Waals surface area contributed by atoms with Crippen LogP contribution >= 0.6 is 0 Å². The van der Waals surface area contributed by atoms with Crippen molar-refractivity contribution >= 4 is 0 Å². The molecule has 2 fully saturated rings. The van der Waals surface area contributed by atoms with Gasteiger partial charge in [0.1, 0.15) is 0 Å². The Morgan fingerprint density at radius 3 is 2.70 bits per heavy atom. The number of hydrogen-bond donors (Lipinski definition) is 2. The number of methoxy groups -OCH3 is 2. The van der Waals surface area contributed by atoms with Gasteiger partial charge in [-0.25, -0.2) is 5.01 Å². The Labute approximate surface area is 122 Å². The third-order valence-electron chi connectivity index (χ3n) is 4.75. The van der Waals surface area contributed by atoms with Gasteiger partial charge < -0.3 is 14.6 Å². The highest BCUT2D eigenvalue weighted by Crippen LogP contribution is 2.28. The Morgan fingerprint density at radius 2 is 1.95 bits per heavy atom. The van der Waals surface area contributed by atoms with Gasteiger partial charge in [0.25, 0.3) is 0 Å². The number of rotatable bonds is 6. The summed E-state index contributed by atoms with van der Waals surface area (Å²) in [7, 11) is 3.36. The predicted octanol–water partition coefficient (Wildman–Crippen LogP) is 1.52. The minimum atomic E-state index is -0.658. The molecule has 1 heterocycles. The molecule has 1 saturated heterocycles. The summed E-state index contributed by atoms with van der Waals surface area (Å²) >= 11 is 0. The standard InChI is InChI=1S/C15H30N2O3/c1-19-11-12-7-6-10-17(12)16-14-9-5-3-4-8-13(14)15(18)20-2/h12-16,18H,3-11H2,1-2H3/t12-,13-,14-,15?/m0/s1. The van der Waals surface area contributed by atoms with Gasteiger partial charge in [-0.1, -0.05) is 19.3 Å². The second-order valence-corrected chi connectivity index (χ2v) is 6.11. The summed E-state index contributed by atoms with van der Waals surface area (Å²) in [6, 6.07) is 0.772. The van der Waals surface area contributed by atoms with Crippen molar-refractivity contribution in [3.8, 4) is 0 Å². The maximum atomic E-state index is 10.1. The van der Waals surface area contributed by atoms with Crippen molar-refractivity contribution in [3.63, 3.8) is 0 Å². The molecule has 1 aliphatic heterocycles. The van der Waals surface area contributed by atoms with E-state index in [0.717, 1.165) is 26.0 Å². The summed E-state index contributed by atoms with van der Waals surface area (Å²) in [4.78, 5) is 0. The van der Waals surface area contributed by atoms with E-state index in [0.29, 0.717) is 12.1 Å². The fraction of sp³-hybridized carbons (Fsp3) is 1.00. The maximum Gasteiger partial charge on any atom is 0.158 e. The number of aliphatic hydroxyl groups is 1. The van der Waals surface area contributed by atoms with Gasteiger partial charge in [-0.2, -0.15) is 0 Å². The highest BCUT2D eigenvalue weighted by atomic mass is 16.6. The van der Waals surface area contributed by atoms with E-state index >= 15 is 0 Å². The Balaban J connectivity index is 1.96. The third-order valence-corrected chi connectivity index (χ3v) is 4.75. The minimum Gasteiger partial charge on any atom is -0.383 e. The summed E-state index contributed by atoms with van der Waals surface area (Å²) in [5, 5.41) is 12.4. The molecule has 0 aromatic rings. The van der Waals surface area contributed by atoms with E-state index in [1.807, 2.05) is 0 Å². The zero-order chi connectivity index (χ0) is 14.4. The van der Waals surface area contributed by atoms with E-state index in [2.05, 4.69) is 10.4 Å². The molecule has 0 aromatic carbocycles. The van der Waals surface area contributed by atoms with Crippen molar-refractivity contribution in [1.29, 1.82) is 0 Å². The average molecular weight is 286 g/mol. The van der Waals surface area contributed by atoms with Gasteiger partial charge in [-0.15, -0.1) is 0 Å². The summed E-state index contributed by atoms with van der Waals surface area (Å²) in [5.41, 5.74) is 3.67. The van der Waals surface area contributed by atoms with Crippen LogP contribution in [-0.2, 0) is 9.47 Å². The van der Waals surface area contributed by atoms with Gasteiger partial charge in [0.05, 0.1) is 6.61 Å². The Morgan fingerprint density at radius 1 is 1.15 bits per heavy atom. The first kappa shape index (κ1) is 16.2. The van der Waals surface area contributed by atoms with Gasteiger partial charge >= 0.3 is 0 Å². The average Bonchev–Trinajstić information content (AvgIpc) is 2.75. The van der Waals surface area contributed by atoms with Crippen LogP contribution in [0.1, 0.15) is 44.9 Å². The largest absolute Gasteiger partial charge is 0.383 e. The van der Waals surface area contributed by atoms with Crippen molar-refractivity contribution in [3.05, 3.63) is 0 Å². The molecule has 20 heavy (non-hydrogen) atoms. The molecule has 0 bridgehead atoms. The van der Waals surface area contributed by atoms with Crippen molar-refractivity contribution < 1.29 is 14.6 Å². The van der Waals surface area contributed by atoms with Crippen LogP contribution in [-0.4, -0.2) is 55.9 Å². The van der Waals surface area contributed by atoms with E-state index < -0.39 is 6.29 Å². The number of aliphatic hydroxyl groups excluding tert-OH is 1. The lowest BCUT2D eigenvalue weighted by Gasteiger charge is -2.35. The fourth-order valence-corrected chi connectivity index (χ4v) is 3.60. The molecule has 2 rings (SSSR count). The van der Waals surface area contributed by atoms with Crippen LogP contribution in [0.4, 0.5) is 0 Å². The molecule has 2 N–H and O–H groups in total. The lowest BCUT2D eigenvalue weighted by atomic mass is 9.94. The van der Waals surface area contributed by atoms with Gasteiger partial charge in [0.15, 0.2) is 6.29 Å². The van der Waals surface area contributed by atoms with Crippen molar-refractivity contribution in [2.45, 2.75) is 63.3 Å². The summed E-state index contributed by atoms with van der Waals surface area (Å²) < 4.78 is 10.5. The lowest BCUT2D eigenvalue weighted by molar-refractivity contribution is -0.128. The van der Waals surface area contributed by atoms with Gasteiger partial charge in [-0.3, -0.25) is 5.43 Å². The molecule has 0 spiro atoms. The predicted molar refractivity (Wildman–Crippen MR) is 78.1 cm³/mol. The lowest BCUT2D eigenvalue weighted by Crippen LogP contribution is -2.53. The molecule has 5 heteroatoms. The van der Waals surface area contributed by atoms with Crippen LogP contribution in [0.3, 0.4) is 0 Å². The summed E-state index contributed by atoms with van der Waals surface area (Å²) in [6.07, 6.45) is 7.56. The summed E-state index contributed by atoms with van der Waals surface area (Å²) in [6.45, 7) is 1.84. The highest BCUT2D eigenvalue weighted by Gasteiger charge is 2.33. The SMILES string of the molecule is COC[C@@H]1CCCN1N[C@H]1CCCCC[C@@H]1C(O)OC. The Kier molecular flexibility index (Phi) is 6.71. The second-order valence-electron chi connectivity index (χ2n) is 6.11. The van der Waals surface area contributed by atoms with Crippen molar-refractivity contribution in [2.24, 2.45) is 5.92 Å². The number of hydrazine groups is 1. The zero-order valence-electron chi connectivity index (χ0n) is 12.9. The number of hydrogen-bond acceptors (Lipinski definition) is 5. The van der Waals surface area contributed by atoms with E-state index in [4.69, 9.17) is 9.47 Å². The quantitative estimate of drug-likeness (QED) is 0.573. The molecule has 118 valence electrons. The molecular formula is C15H30N2O3. The molecule has 0 aromatic heterocycles. The fourth-order valence-electron chi connectivity index (χ4n) is 3.60. The van der Waals surface area contributed by atoms with Crippen LogP contribution in [0.25, 0.3) is 0 Å². The second kappa shape index (κ2) is 8.29. The third kappa shape index (κ3) is 4.15. The zero-order valence-corrected chi connectivity index (χ0v) is 12.9. The smallest absolute Gasteiger partial charge is 0.158 e. The normalized spacial score (nSPS) is 34.0. The number of nitrogens with one attached hydrogen (secondary N) is 1. The Hall–Kier alpha value is -0.200. The molecule has 0 radical (unpaired) electrons. The topological polar surface area (TPSA) is 54.0 Å². The molecule has 2 aliphatic rings. The molecule has 0 amide bonds. The maximum absolute atomic E-state index is 10.1. The van der Waals surface area contributed by atoms with Gasteiger partial charge in [0.2, 0.25) is 0 Å². The Bertz CT molecular complexity index is 278. The van der Waals surface area contributed by atoms with Crippen LogP contribution in [0.15, 0.2) is 0 Å². The van der Waals surface area contributed by atoms with Crippen LogP contribution in [0.5, 0.6) is 0 Å². The monoisotopic (exact) mass is 286 g/mol. The molecule has 1 saturated carbocycles. The molecule has 4 atom stereocenters. The van der Waals surface area contributed by atoms with Gasteiger partial charge in [0, 0.05) is 38.8 Å². The first-order valence-electron chi connectivity index (χ1n) is 7.99. The van der Waals surface area contributed by atoms with E-state index in [1.54, 1.807) is 14.2 Å². The van der Waals surface area contributed by atoms with Gasteiger partial charge in [-0.05, 0) is 25.7 Å². The summed E-state index contributed by atoms with van der Waals surface area (Å²) in [5.74, 6) is 0.186. The van der Waals surface area contributed by atoms with Crippen LogP contribution in [0, 0.1) is 5.92 Å². The first-order chi connectivity index (χ1) is 9.76. The van der Waals surface area contributed by atoms with E-state index in [9.17, 15) is 5.11 Å². The molecule has 5 nitrogen and oxygen atoms in total. The van der Waals surface area contributed by atoms with Crippen molar-refractivity contribution in [2.75, 3.05) is 27.4 Å². The van der Waals surface area contributed by atoms with Crippen molar-refractivity contribution in [1.82, 2.24) is 10.4 Å². The number of ether oxygens (including phenoxy) is 2. The molecule has 1 unspecified atom stereocenters. The minimum absolute atomic E-state index is 0.186. The first-order valence-corrected chi connectivity index (χ1v) is 7.99.